The number of carbonyl (C=O) groups excluding carboxylic acids is 1. The van der Waals surface area contributed by atoms with Gasteiger partial charge in [-0.1, -0.05) is 35.9 Å². The Morgan fingerprint density at radius 3 is 2.46 bits per heavy atom. The maximum atomic E-state index is 12.8. The van der Waals surface area contributed by atoms with Gasteiger partial charge in [-0.25, -0.2) is 5.43 Å². The van der Waals surface area contributed by atoms with Gasteiger partial charge in [0, 0.05) is 11.3 Å². The third-order valence-electron chi connectivity index (χ3n) is 3.16. The van der Waals surface area contributed by atoms with Crippen molar-refractivity contribution in [3.05, 3.63) is 65.2 Å². The summed E-state index contributed by atoms with van der Waals surface area (Å²) in [6.07, 6.45) is -3.49. The fraction of sp³-hybridized carbons (Fsp3) is 0.176. The minimum atomic E-state index is -4.47. The van der Waals surface area contributed by atoms with Crippen LogP contribution in [0.1, 0.15) is 16.7 Å². The molecule has 2 aromatic rings. The molecule has 0 heterocycles. The summed E-state index contributed by atoms with van der Waals surface area (Å²) in [7, 11) is 0. The average molecular weight is 335 g/mol. The molecule has 24 heavy (non-hydrogen) atoms. The topological polar surface area (TPSA) is 53.5 Å². The summed E-state index contributed by atoms with van der Waals surface area (Å²) >= 11 is 0. The van der Waals surface area contributed by atoms with Crippen LogP contribution in [0.15, 0.2) is 53.6 Å². The Labute approximate surface area is 137 Å². The first-order chi connectivity index (χ1) is 11.4. The van der Waals surface area contributed by atoms with Crippen molar-refractivity contribution in [2.75, 3.05) is 11.9 Å². The van der Waals surface area contributed by atoms with Gasteiger partial charge in [0.2, 0.25) is 0 Å². The molecule has 0 saturated heterocycles. The van der Waals surface area contributed by atoms with Gasteiger partial charge >= 0.3 is 6.18 Å². The summed E-state index contributed by atoms with van der Waals surface area (Å²) < 4.78 is 38.4. The molecule has 1 amide bonds. The van der Waals surface area contributed by atoms with E-state index >= 15 is 0 Å². The van der Waals surface area contributed by atoms with Crippen LogP contribution in [-0.2, 0) is 11.0 Å². The number of aryl methyl sites for hydroxylation is 1. The highest BCUT2D eigenvalue weighted by atomic mass is 19.4. The van der Waals surface area contributed by atoms with Gasteiger partial charge in [0.1, 0.15) is 0 Å². The predicted molar refractivity (Wildman–Crippen MR) is 86.8 cm³/mol. The van der Waals surface area contributed by atoms with Crippen molar-refractivity contribution in [2.24, 2.45) is 5.10 Å². The lowest BCUT2D eigenvalue weighted by Crippen LogP contribution is -2.26. The Bertz CT molecular complexity index is 725. The van der Waals surface area contributed by atoms with Crippen LogP contribution in [-0.4, -0.2) is 18.7 Å². The molecule has 0 radical (unpaired) electrons. The highest BCUT2D eigenvalue weighted by molar-refractivity contribution is 5.85. The molecule has 0 bridgehead atoms. The summed E-state index contributed by atoms with van der Waals surface area (Å²) in [5.41, 5.74) is 3.13. The van der Waals surface area contributed by atoms with Crippen molar-refractivity contribution in [3.8, 4) is 0 Å². The van der Waals surface area contributed by atoms with Crippen LogP contribution < -0.4 is 10.7 Å². The van der Waals surface area contributed by atoms with Crippen LogP contribution in [0.3, 0.4) is 0 Å². The summed E-state index contributed by atoms with van der Waals surface area (Å²) in [5, 5.41) is 6.47. The lowest BCUT2D eigenvalue weighted by Gasteiger charge is -2.09. The summed E-state index contributed by atoms with van der Waals surface area (Å²) in [6, 6.07) is 12.4. The molecule has 126 valence electrons. The molecule has 7 heteroatoms. The largest absolute Gasteiger partial charge is 0.417 e. The summed E-state index contributed by atoms with van der Waals surface area (Å²) in [5.74, 6) is -0.462. The van der Waals surface area contributed by atoms with E-state index in [1.165, 1.54) is 18.2 Å². The molecule has 2 rings (SSSR count). The van der Waals surface area contributed by atoms with Crippen molar-refractivity contribution >= 4 is 17.8 Å². The second kappa shape index (κ2) is 7.63. The van der Waals surface area contributed by atoms with Crippen LogP contribution in [0.5, 0.6) is 0 Å². The van der Waals surface area contributed by atoms with Crippen molar-refractivity contribution in [1.82, 2.24) is 5.43 Å². The molecule has 0 fully saturated rings. The Morgan fingerprint density at radius 2 is 1.79 bits per heavy atom. The quantitative estimate of drug-likeness (QED) is 0.648. The third kappa shape index (κ3) is 5.12. The summed E-state index contributed by atoms with van der Waals surface area (Å²) in [4.78, 5) is 11.6. The van der Waals surface area contributed by atoms with E-state index in [4.69, 9.17) is 0 Å². The van der Waals surface area contributed by atoms with E-state index < -0.39 is 17.6 Å². The second-order valence-corrected chi connectivity index (χ2v) is 5.10. The number of hydrazone groups is 1. The highest BCUT2D eigenvalue weighted by Gasteiger charge is 2.32. The van der Waals surface area contributed by atoms with Gasteiger partial charge in [-0.15, -0.1) is 0 Å². The molecule has 0 atom stereocenters. The number of amides is 1. The number of nitrogens with one attached hydrogen (secondary N) is 2. The van der Waals surface area contributed by atoms with Gasteiger partial charge in [0.25, 0.3) is 5.91 Å². The molecule has 0 aliphatic carbocycles. The molecule has 2 aromatic carbocycles. The Kier molecular flexibility index (Phi) is 5.57. The number of halogens is 3. The fourth-order valence-corrected chi connectivity index (χ4v) is 1.93. The maximum Gasteiger partial charge on any atom is 0.417 e. The standard InChI is InChI=1S/C17H16F3N3O/c1-12-6-8-14(9-7-12)21-11-16(24)23-22-10-13-4-2-3-5-15(13)17(18,19)20/h2-10,21H,11H2,1H3,(H,23,24)/b22-10-. The van der Waals surface area contributed by atoms with Crippen LogP contribution >= 0.6 is 0 Å². The Hall–Kier alpha value is -2.83. The predicted octanol–water partition coefficient (Wildman–Crippen LogP) is 3.58. The fourth-order valence-electron chi connectivity index (χ4n) is 1.93. The maximum absolute atomic E-state index is 12.8. The zero-order valence-electron chi connectivity index (χ0n) is 12.9. The molecule has 4 nitrogen and oxygen atoms in total. The minimum Gasteiger partial charge on any atom is -0.376 e. The van der Waals surface area contributed by atoms with E-state index in [1.54, 1.807) is 0 Å². The molecule has 0 aliphatic rings. The number of anilines is 1. The molecule has 0 aromatic heterocycles. The average Bonchev–Trinajstić information content (AvgIpc) is 2.54. The zero-order chi connectivity index (χ0) is 17.6. The van der Waals surface area contributed by atoms with Crippen molar-refractivity contribution in [2.45, 2.75) is 13.1 Å². The monoisotopic (exact) mass is 335 g/mol. The first-order valence-corrected chi connectivity index (χ1v) is 7.15. The number of hydrogen-bond acceptors (Lipinski definition) is 3. The van der Waals surface area contributed by atoms with Crippen molar-refractivity contribution in [1.29, 1.82) is 0 Å². The minimum absolute atomic E-state index is 0.0404. The number of alkyl halides is 3. The van der Waals surface area contributed by atoms with E-state index in [1.807, 2.05) is 31.2 Å². The van der Waals surface area contributed by atoms with E-state index in [0.717, 1.165) is 23.5 Å². The SMILES string of the molecule is Cc1ccc(NCC(=O)N/N=C\c2ccccc2C(F)(F)F)cc1. The first kappa shape index (κ1) is 17.5. The van der Waals surface area contributed by atoms with Gasteiger partial charge in [-0.3, -0.25) is 4.79 Å². The first-order valence-electron chi connectivity index (χ1n) is 7.15. The van der Waals surface area contributed by atoms with E-state index in [2.05, 4.69) is 15.8 Å². The number of benzene rings is 2. The molecule has 0 saturated carbocycles. The number of carbonyl (C=O) groups is 1. The number of hydrogen-bond donors (Lipinski definition) is 2. The smallest absolute Gasteiger partial charge is 0.376 e. The number of rotatable bonds is 5. The van der Waals surface area contributed by atoms with Crippen molar-refractivity contribution < 1.29 is 18.0 Å². The van der Waals surface area contributed by atoms with E-state index in [0.29, 0.717) is 0 Å². The molecular formula is C17H16F3N3O. The zero-order valence-corrected chi connectivity index (χ0v) is 12.9. The molecular weight excluding hydrogens is 319 g/mol. The molecule has 0 unspecified atom stereocenters. The van der Waals surface area contributed by atoms with Gasteiger partial charge in [0.15, 0.2) is 0 Å². The molecule has 2 N–H and O–H groups in total. The Morgan fingerprint density at radius 1 is 1.12 bits per heavy atom. The lowest BCUT2D eigenvalue weighted by molar-refractivity contribution is -0.137. The van der Waals surface area contributed by atoms with E-state index in [-0.39, 0.29) is 12.1 Å². The molecule has 0 spiro atoms. The highest BCUT2D eigenvalue weighted by Crippen LogP contribution is 2.30. The molecule has 0 aliphatic heterocycles. The second-order valence-electron chi connectivity index (χ2n) is 5.10. The van der Waals surface area contributed by atoms with Crippen LogP contribution in [0, 0.1) is 6.92 Å². The summed E-state index contributed by atoms with van der Waals surface area (Å²) in [6.45, 7) is 1.91. The third-order valence-corrected chi connectivity index (χ3v) is 3.16. The van der Waals surface area contributed by atoms with Gasteiger partial charge < -0.3 is 5.32 Å². The normalized spacial score (nSPS) is 11.5. The van der Waals surface area contributed by atoms with Crippen molar-refractivity contribution in [3.63, 3.8) is 0 Å². The van der Waals surface area contributed by atoms with Gasteiger partial charge in [0.05, 0.1) is 18.3 Å². The van der Waals surface area contributed by atoms with Gasteiger partial charge in [-0.2, -0.15) is 18.3 Å². The van der Waals surface area contributed by atoms with Crippen LogP contribution in [0.4, 0.5) is 18.9 Å². The van der Waals surface area contributed by atoms with Crippen LogP contribution in [0.2, 0.25) is 0 Å². The Balaban J connectivity index is 1.90. The van der Waals surface area contributed by atoms with Crippen LogP contribution in [0.25, 0.3) is 0 Å². The van der Waals surface area contributed by atoms with E-state index in [9.17, 15) is 18.0 Å². The number of nitrogens with zero attached hydrogens (tertiary/aromatic N) is 1. The lowest BCUT2D eigenvalue weighted by atomic mass is 10.1. The van der Waals surface area contributed by atoms with Gasteiger partial charge in [-0.05, 0) is 25.1 Å².